The van der Waals surface area contributed by atoms with Gasteiger partial charge >= 0.3 is 0 Å². The zero-order valence-corrected chi connectivity index (χ0v) is 12.5. The number of rotatable bonds is 8. The van der Waals surface area contributed by atoms with Crippen LogP contribution in [0.3, 0.4) is 0 Å². The third-order valence-corrected chi connectivity index (χ3v) is 3.53. The van der Waals surface area contributed by atoms with Gasteiger partial charge in [0.25, 0.3) is 0 Å². The number of hydrogen-bond acceptors (Lipinski definition) is 6. The molecule has 3 N–H and O–H groups in total. The molecule has 1 heterocycles. The van der Waals surface area contributed by atoms with Gasteiger partial charge in [0.05, 0.1) is 38.5 Å². The SMILES string of the molecule is COc1cc2nc(SCCOCCN)[nH]c2cc1OC. The highest BCUT2D eigenvalue weighted by atomic mass is 32.2. The van der Waals surface area contributed by atoms with Gasteiger partial charge in [-0.15, -0.1) is 0 Å². The number of benzene rings is 1. The Morgan fingerprint density at radius 3 is 2.65 bits per heavy atom. The second-order valence-corrected chi connectivity index (χ2v) is 5.10. The lowest BCUT2D eigenvalue weighted by Gasteiger charge is -2.06. The molecule has 0 unspecified atom stereocenters. The molecule has 1 aromatic heterocycles. The molecular weight excluding hydrogens is 278 g/mol. The van der Waals surface area contributed by atoms with Crippen molar-refractivity contribution in [1.29, 1.82) is 0 Å². The number of fused-ring (bicyclic) bond motifs is 1. The van der Waals surface area contributed by atoms with Gasteiger partial charge in [-0.25, -0.2) is 4.98 Å². The number of aromatic nitrogens is 2. The van der Waals surface area contributed by atoms with Crippen molar-refractivity contribution < 1.29 is 14.2 Å². The molecule has 0 saturated carbocycles. The first kappa shape index (κ1) is 15.0. The van der Waals surface area contributed by atoms with Crippen LogP contribution in [0.25, 0.3) is 11.0 Å². The van der Waals surface area contributed by atoms with Crippen LogP contribution in [-0.4, -0.2) is 49.7 Å². The summed E-state index contributed by atoms with van der Waals surface area (Å²) in [7, 11) is 3.23. The quantitative estimate of drug-likeness (QED) is 0.569. The van der Waals surface area contributed by atoms with Gasteiger partial charge in [-0.1, -0.05) is 11.8 Å². The molecule has 110 valence electrons. The number of nitrogens with one attached hydrogen (secondary N) is 1. The van der Waals surface area contributed by atoms with E-state index in [1.165, 1.54) is 0 Å². The van der Waals surface area contributed by atoms with E-state index in [2.05, 4.69) is 9.97 Å². The summed E-state index contributed by atoms with van der Waals surface area (Å²) >= 11 is 1.61. The van der Waals surface area contributed by atoms with Crippen molar-refractivity contribution in [3.05, 3.63) is 12.1 Å². The Hall–Kier alpha value is -1.44. The number of thioether (sulfide) groups is 1. The Kier molecular flexibility index (Phi) is 5.51. The van der Waals surface area contributed by atoms with Gasteiger partial charge in [0, 0.05) is 24.4 Å². The van der Waals surface area contributed by atoms with Gasteiger partial charge < -0.3 is 24.9 Å². The van der Waals surface area contributed by atoms with Crippen molar-refractivity contribution in [3.8, 4) is 11.5 Å². The van der Waals surface area contributed by atoms with E-state index in [9.17, 15) is 0 Å². The van der Waals surface area contributed by atoms with Crippen molar-refractivity contribution in [2.75, 3.05) is 39.7 Å². The molecule has 7 heteroatoms. The average molecular weight is 297 g/mol. The van der Waals surface area contributed by atoms with Crippen molar-refractivity contribution in [2.24, 2.45) is 5.73 Å². The highest BCUT2D eigenvalue weighted by Crippen LogP contribution is 2.32. The Morgan fingerprint density at radius 2 is 1.95 bits per heavy atom. The number of nitrogens with two attached hydrogens (primary N) is 1. The number of hydrogen-bond donors (Lipinski definition) is 2. The van der Waals surface area contributed by atoms with E-state index in [0.29, 0.717) is 31.3 Å². The molecule has 2 aromatic rings. The second kappa shape index (κ2) is 7.37. The van der Waals surface area contributed by atoms with Crippen LogP contribution in [0.2, 0.25) is 0 Å². The molecule has 0 aliphatic heterocycles. The minimum absolute atomic E-state index is 0.550. The van der Waals surface area contributed by atoms with Gasteiger partial charge in [-0.05, 0) is 0 Å². The summed E-state index contributed by atoms with van der Waals surface area (Å²) in [6, 6.07) is 3.75. The molecule has 0 bridgehead atoms. The van der Waals surface area contributed by atoms with E-state index in [4.69, 9.17) is 19.9 Å². The predicted octanol–water partition coefficient (Wildman–Crippen LogP) is 1.65. The first-order chi connectivity index (χ1) is 9.78. The van der Waals surface area contributed by atoms with Crippen LogP contribution in [-0.2, 0) is 4.74 Å². The second-order valence-electron chi connectivity index (χ2n) is 4.02. The number of nitrogens with zero attached hydrogens (tertiary/aromatic N) is 1. The molecule has 0 atom stereocenters. The van der Waals surface area contributed by atoms with Crippen LogP contribution in [0.1, 0.15) is 0 Å². The molecule has 20 heavy (non-hydrogen) atoms. The minimum atomic E-state index is 0.550. The molecule has 0 aliphatic rings. The zero-order valence-electron chi connectivity index (χ0n) is 11.6. The monoisotopic (exact) mass is 297 g/mol. The fourth-order valence-electron chi connectivity index (χ4n) is 1.76. The van der Waals surface area contributed by atoms with Crippen LogP contribution >= 0.6 is 11.8 Å². The number of ether oxygens (including phenoxy) is 3. The smallest absolute Gasteiger partial charge is 0.166 e. The first-order valence-corrected chi connectivity index (χ1v) is 7.29. The molecule has 0 spiro atoms. The maximum atomic E-state index is 5.35. The summed E-state index contributed by atoms with van der Waals surface area (Å²) in [6.07, 6.45) is 0. The molecule has 0 amide bonds. The van der Waals surface area contributed by atoms with E-state index in [1.54, 1.807) is 26.0 Å². The Labute approximate surface area is 122 Å². The molecular formula is C13H19N3O3S. The highest BCUT2D eigenvalue weighted by Gasteiger charge is 2.10. The molecule has 1 aromatic carbocycles. The number of imidazole rings is 1. The van der Waals surface area contributed by atoms with E-state index in [1.807, 2.05) is 12.1 Å². The molecule has 0 fully saturated rings. The van der Waals surface area contributed by atoms with Gasteiger partial charge in [-0.3, -0.25) is 0 Å². The Morgan fingerprint density at radius 1 is 1.20 bits per heavy atom. The van der Waals surface area contributed by atoms with E-state index in [-0.39, 0.29) is 0 Å². The summed E-state index contributed by atoms with van der Waals surface area (Å²) in [5, 5.41) is 0.853. The maximum absolute atomic E-state index is 5.35. The van der Waals surface area contributed by atoms with E-state index in [0.717, 1.165) is 21.9 Å². The molecule has 0 radical (unpaired) electrons. The maximum Gasteiger partial charge on any atom is 0.166 e. The fraction of sp³-hybridized carbons (Fsp3) is 0.462. The summed E-state index contributed by atoms with van der Waals surface area (Å²) in [5.41, 5.74) is 7.13. The third kappa shape index (κ3) is 3.56. The lowest BCUT2D eigenvalue weighted by molar-refractivity contribution is 0.158. The lowest BCUT2D eigenvalue weighted by atomic mass is 10.3. The van der Waals surface area contributed by atoms with Gasteiger partial charge in [0.2, 0.25) is 0 Å². The molecule has 0 saturated heterocycles. The normalized spacial score (nSPS) is 10.9. The molecule has 2 rings (SSSR count). The minimum Gasteiger partial charge on any atom is -0.493 e. The van der Waals surface area contributed by atoms with Gasteiger partial charge in [0.1, 0.15) is 0 Å². The summed E-state index contributed by atoms with van der Waals surface area (Å²) < 4.78 is 15.9. The van der Waals surface area contributed by atoms with E-state index < -0.39 is 0 Å². The van der Waals surface area contributed by atoms with Crippen LogP contribution in [0.5, 0.6) is 11.5 Å². The largest absolute Gasteiger partial charge is 0.493 e. The summed E-state index contributed by atoms with van der Waals surface area (Å²) in [5.74, 6) is 2.19. The Bertz CT molecular complexity index is 518. The van der Waals surface area contributed by atoms with Crippen LogP contribution in [0.4, 0.5) is 0 Å². The highest BCUT2D eigenvalue weighted by molar-refractivity contribution is 7.99. The number of aromatic amines is 1. The van der Waals surface area contributed by atoms with Crippen molar-refractivity contribution >= 4 is 22.8 Å². The van der Waals surface area contributed by atoms with Crippen LogP contribution in [0.15, 0.2) is 17.3 Å². The lowest BCUT2D eigenvalue weighted by Crippen LogP contribution is -2.09. The molecule has 6 nitrogen and oxygen atoms in total. The first-order valence-electron chi connectivity index (χ1n) is 6.31. The van der Waals surface area contributed by atoms with Crippen molar-refractivity contribution in [3.63, 3.8) is 0 Å². The number of H-pyrrole nitrogens is 1. The van der Waals surface area contributed by atoms with Crippen LogP contribution in [0, 0.1) is 0 Å². The third-order valence-electron chi connectivity index (χ3n) is 2.69. The van der Waals surface area contributed by atoms with Crippen LogP contribution < -0.4 is 15.2 Å². The molecule has 0 aliphatic carbocycles. The summed E-state index contributed by atoms with van der Waals surface area (Å²) in [6.45, 7) is 1.80. The zero-order chi connectivity index (χ0) is 14.4. The van der Waals surface area contributed by atoms with Gasteiger partial charge in [-0.2, -0.15) is 0 Å². The average Bonchev–Trinajstić information content (AvgIpc) is 2.87. The fourth-order valence-corrected chi connectivity index (χ4v) is 2.50. The van der Waals surface area contributed by atoms with Gasteiger partial charge in [0.15, 0.2) is 16.7 Å². The van der Waals surface area contributed by atoms with Crippen molar-refractivity contribution in [1.82, 2.24) is 9.97 Å². The predicted molar refractivity (Wildman–Crippen MR) is 79.8 cm³/mol. The standard InChI is InChI=1S/C13H19N3O3S/c1-17-11-7-9-10(8-12(11)18-2)16-13(15-9)20-6-5-19-4-3-14/h7-8H,3-6,14H2,1-2H3,(H,15,16). The number of methoxy groups -OCH3 is 2. The summed E-state index contributed by atoms with van der Waals surface area (Å²) in [4.78, 5) is 7.75. The Balaban J connectivity index is 2.05. The topological polar surface area (TPSA) is 82.4 Å². The van der Waals surface area contributed by atoms with Crippen molar-refractivity contribution in [2.45, 2.75) is 5.16 Å². The van der Waals surface area contributed by atoms with E-state index >= 15 is 0 Å².